The van der Waals surface area contributed by atoms with Crippen LogP contribution in [0, 0.1) is 5.82 Å². The molecule has 7 heteroatoms. The van der Waals surface area contributed by atoms with Gasteiger partial charge in [-0.3, -0.25) is 0 Å². The number of ether oxygens (including phenoxy) is 1. The van der Waals surface area contributed by atoms with Crippen molar-refractivity contribution in [2.75, 3.05) is 24.8 Å². The predicted octanol–water partition coefficient (Wildman–Crippen LogP) is 3.06. The molecule has 0 saturated carbocycles. The number of aromatic nitrogens is 2. The first-order valence-corrected chi connectivity index (χ1v) is 5.83. The number of nitrogens with one attached hydrogen (secondary N) is 2. The highest BCUT2D eigenvalue weighted by atomic mass is 35.5. The van der Waals surface area contributed by atoms with Crippen molar-refractivity contribution in [1.82, 2.24) is 9.97 Å². The van der Waals surface area contributed by atoms with E-state index in [-0.39, 0.29) is 10.7 Å². The highest BCUT2D eigenvalue weighted by Gasteiger charge is 2.13. The van der Waals surface area contributed by atoms with E-state index in [9.17, 15) is 4.39 Å². The maximum Gasteiger partial charge on any atom is 0.204 e. The van der Waals surface area contributed by atoms with Gasteiger partial charge >= 0.3 is 0 Å². The molecular weight excluding hydrogens is 271 g/mol. The molecule has 0 spiro atoms. The molecule has 0 aliphatic heterocycles. The monoisotopic (exact) mass is 282 g/mol. The quantitative estimate of drug-likeness (QED) is 0.902. The van der Waals surface area contributed by atoms with Gasteiger partial charge in [-0.25, -0.2) is 14.4 Å². The van der Waals surface area contributed by atoms with Crippen LogP contribution in [0.2, 0.25) is 5.02 Å². The molecule has 0 atom stereocenters. The Hall–Kier alpha value is -2.08. The molecule has 0 bridgehead atoms. The fourth-order valence-electron chi connectivity index (χ4n) is 1.56. The van der Waals surface area contributed by atoms with E-state index < -0.39 is 5.82 Å². The Kier molecular flexibility index (Phi) is 4.01. The van der Waals surface area contributed by atoms with Gasteiger partial charge < -0.3 is 15.4 Å². The summed E-state index contributed by atoms with van der Waals surface area (Å²) in [5, 5.41) is 5.73. The summed E-state index contributed by atoms with van der Waals surface area (Å²) < 4.78 is 19.0. The van der Waals surface area contributed by atoms with Gasteiger partial charge in [0.1, 0.15) is 6.33 Å². The Morgan fingerprint density at radius 3 is 2.68 bits per heavy atom. The summed E-state index contributed by atoms with van der Waals surface area (Å²) in [7, 11) is 3.19. The lowest BCUT2D eigenvalue weighted by Gasteiger charge is -2.13. The third kappa shape index (κ3) is 2.68. The van der Waals surface area contributed by atoms with Crippen LogP contribution in [0.5, 0.6) is 5.75 Å². The Morgan fingerprint density at radius 2 is 2.00 bits per heavy atom. The van der Waals surface area contributed by atoms with Gasteiger partial charge in [0.2, 0.25) is 5.75 Å². The third-order valence-corrected chi connectivity index (χ3v) is 2.74. The van der Waals surface area contributed by atoms with Crippen LogP contribution in [0.15, 0.2) is 24.5 Å². The first-order chi connectivity index (χ1) is 9.17. The van der Waals surface area contributed by atoms with Gasteiger partial charge in [-0.2, -0.15) is 0 Å². The lowest BCUT2D eigenvalue weighted by atomic mass is 10.3. The summed E-state index contributed by atoms with van der Waals surface area (Å²) >= 11 is 5.72. The van der Waals surface area contributed by atoms with Crippen LogP contribution < -0.4 is 15.4 Å². The number of halogens is 2. The second-order valence-corrected chi connectivity index (χ2v) is 3.99. The molecule has 2 rings (SSSR count). The van der Waals surface area contributed by atoms with Crippen molar-refractivity contribution < 1.29 is 9.13 Å². The van der Waals surface area contributed by atoms with Crippen molar-refractivity contribution in [1.29, 1.82) is 0 Å². The summed E-state index contributed by atoms with van der Waals surface area (Å²) in [6.45, 7) is 0. The molecule has 0 radical (unpaired) electrons. The second kappa shape index (κ2) is 5.71. The fourth-order valence-corrected chi connectivity index (χ4v) is 1.74. The average molecular weight is 283 g/mol. The normalized spacial score (nSPS) is 10.1. The van der Waals surface area contributed by atoms with Crippen molar-refractivity contribution in [2.45, 2.75) is 0 Å². The number of benzene rings is 1. The Morgan fingerprint density at radius 1 is 1.26 bits per heavy atom. The van der Waals surface area contributed by atoms with Gasteiger partial charge in [-0.05, 0) is 12.1 Å². The van der Waals surface area contributed by atoms with E-state index in [0.717, 1.165) is 0 Å². The molecule has 0 amide bonds. The molecule has 2 aromatic rings. The maximum absolute atomic E-state index is 13.8. The molecular formula is C12H12ClFN4O. The standard InChI is InChI=1S/C12H12ClFN4O/c1-15-11-10(19-2)12(17-6-16-11)18-8-5-3-4-7(13)9(8)14/h3-6H,1-2H3,(H2,15,16,17,18). The Labute approximate surface area is 114 Å². The van der Waals surface area contributed by atoms with Crippen LogP contribution in [-0.2, 0) is 0 Å². The van der Waals surface area contributed by atoms with E-state index in [1.165, 1.54) is 19.5 Å². The average Bonchev–Trinajstić information content (AvgIpc) is 2.43. The molecule has 100 valence electrons. The molecule has 0 aliphatic rings. The molecule has 0 fully saturated rings. The van der Waals surface area contributed by atoms with Crippen molar-refractivity contribution in [3.05, 3.63) is 35.4 Å². The van der Waals surface area contributed by atoms with Gasteiger partial charge in [-0.1, -0.05) is 17.7 Å². The smallest absolute Gasteiger partial charge is 0.204 e. The first-order valence-electron chi connectivity index (χ1n) is 5.45. The molecule has 0 saturated heterocycles. The van der Waals surface area contributed by atoms with Crippen LogP contribution in [0.3, 0.4) is 0 Å². The van der Waals surface area contributed by atoms with Crippen LogP contribution in [-0.4, -0.2) is 24.1 Å². The molecule has 1 aromatic carbocycles. The lowest BCUT2D eigenvalue weighted by Crippen LogP contribution is -2.04. The largest absolute Gasteiger partial charge is 0.490 e. The molecule has 0 aliphatic carbocycles. The molecule has 1 aromatic heterocycles. The van der Waals surface area contributed by atoms with E-state index in [1.807, 2.05) is 0 Å². The van der Waals surface area contributed by atoms with Crippen molar-refractivity contribution in [3.63, 3.8) is 0 Å². The zero-order valence-corrected chi connectivity index (χ0v) is 11.1. The lowest BCUT2D eigenvalue weighted by molar-refractivity contribution is 0.415. The summed E-state index contributed by atoms with van der Waals surface area (Å²) in [5.41, 5.74) is 0.214. The van der Waals surface area contributed by atoms with E-state index in [2.05, 4.69) is 20.6 Å². The number of rotatable bonds is 4. The Bertz CT molecular complexity index is 594. The number of anilines is 3. The predicted molar refractivity (Wildman–Crippen MR) is 72.8 cm³/mol. The van der Waals surface area contributed by atoms with E-state index in [4.69, 9.17) is 16.3 Å². The maximum atomic E-state index is 13.8. The topological polar surface area (TPSA) is 59.1 Å². The fraction of sp³-hybridized carbons (Fsp3) is 0.167. The van der Waals surface area contributed by atoms with Crippen LogP contribution in [0.4, 0.5) is 21.7 Å². The van der Waals surface area contributed by atoms with Gasteiger partial charge in [-0.15, -0.1) is 0 Å². The summed E-state index contributed by atoms with van der Waals surface area (Å²) in [4.78, 5) is 8.03. The van der Waals surface area contributed by atoms with Gasteiger partial charge in [0.05, 0.1) is 17.8 Å². The minimum absolute atomic E-state index is 0.0341. The highest BCUT2D eigenvalue weighted by Crippen LogP contribution is 2.32. The van der Waals surface area contributed by atoms with Crippen molar-refractivity contribution in [3.8, 4) is 5.75 Å². The first kappa shape index (κ1) is 13.4. The molecule has 0 unspecified atom stereocenters. The zero-order chi connectivity index (χ0) is 13.8. The summed E-state index contributed by atoms with van der Waals surface area (Å²) in [6, 6.07) is 4.67. The molecule has 2 N–H and O–H groups in total. The molecule has 5 nitrogen and oxygen atoms in total. The van der Waals surface area contributed by atoms with Crippen molar-refractivity contribution >= 4 is 28.9 Å². The van der Waals surface area contributed by atoms with E-state index in [0.29, 0.717) is 17.4 Å². The van der Waals surface area contributed by atoms with Gasteiger partial charge in [0.15, 0.2) is 17.5 Å². The number of methoxy groups -OCH3 is 1. The number of hydrogen-bond acceptors (Lipinski definition) is 5. The summed E-state index contributed by atoms with van der Waals surface area (Å²) in [6.07, 6.45) is 1.35. The second-order valence-electron chi connectivity index (χ2n) is 3.58. The minimum Gasteiger partial charge on any atom is -0.490 e. The van der Waals surface area contributed by atoms with Crippen LogP contribution >= 0.6 is 11.6 Å². The highest BCUT2D eigenvalue weighted by molar-refractivity contribution is 6.31. The van der Waals surface area contributed by atoms with Crippen LogP contribution in [0.1, 0.15) is 0 Å². The third-order valence-electron chi connectivity index (χ3n) is 2.45. The minimum atomic E-state index is -0.546. The molecule has 1 heterocycles. The van der Waals surface area contributed by atoms with Gasteiger partial charge in [0, 0.05) is 7.05 Å². The van der Waals surface area contributed by atoms with Crippen LogP contribution in [0.25, 0.3) is 0 Å². The van der Waals surface area contributed by atoms with Gasteiger partial charge in [0.25, 0.3) is 0 Å². The van der Waals surface area contributed by atoms with E-state index >= 15 is 0 Å². The zero-order valence-electron chi connectivity index (χ0n) is 10.4. The summed E-state index contributed by atoms with van der Waals surface area (Å²) in [5.74, 6) is 0.700. The SMILES string of the molecule is CNc1ncnc(Nc2cccc(Cl)c2F)c1OC. The number of hydrogen-bond donors (Lipinski definition) is 2. The van der Waals surface area contributed by atoms with Crippen molar-refractivity contribution in [2.24, 2.45) is 0 Å². The number of nitrogens with zero attached hydrogens (tertiary/aromatic N) is 2. The molecule has 19 heavy (non-hydrogen) atoms. The Balaban J connectivity index is 2.41. The van der Waals surface area contributed by atoms with E-state index in [1.54, 1.807) is 19.2 Å².